The molecule has 1 aromatic carbocycles. The summed E-state index contributed by atoms with van der Waals surface area (Å²) in [4.78, 5) is 6.29. The molecule has 0 fully saturated rings. The molecule has 0 bridgehead atoms. The van der Waals surface area contributed by atoms with Crippen molar-refractivity contribution in [2.75, 3.05) is 13.7 Å². The molecule has 19 heavy (non-hydrogen) atoms. The third kappa shape index (κ3) is 3.39. The van der Waals surface area contributed by atoms with Crippen molar-refractivity contribution in [1.29, 1.82) is 0 Å². The number of hydrogen-bond acceptors (Lipinski definition) is 4. The van der Waals surface area contributed by atoms with E-state index in [1.807, 2.05) is 18.9 Å². The normalized spacial score (nSPS) is 12.9. The molecule has 0 spiro atoms. The standard InChI is InChI=1S/C14H17FN2O2/c1-10(8-18)17(2)7-13-9-19-14(16-13)11-4-3-5-12(15)6-11/h3-6,9-10,18H,7-8H2,1-2H3. The highest BCUT2D eigenvalue weighted by molar-refractivity contribution is 5.52. The molecule has 1 heterocycles. The van der Waals surface area contributed by atoms with Gasteiger partial charge in [0.15, 0.2) is 0 Å². The van der Waals surface area contributed by atoms with Gasteiger partial charge in [-0.05, 0) is 32.2 Å². The van der Waals surface area contributed by atoms with Crippen LogP contribution in [0.25, 0.3) is 11.5 Å². The quantitative estimate of drug-likeness (QED) is 0.900. The van der Waals surface area contributed by atoms with E-state index >= 15 is 0 Å². The zero-order chi connectivity index (χ0) is 13.8. The van der Waals surface area contributed by atoms with Crippen LogP contribution in [0.3, 0.4) is 0 Å². The van der Waals surface area contributed by atoms with E-state index in [9.17, 15) is 4.39 Å². The molecule has 0 amide bonds. The van der Waals surface area contributed by atoms with Crippen LogP contribution in [0.1, 0.15) is 12.6 Å². The Morgan fingerprint density at radius 2 is 2.26 bits per heavy atom. The van der Waals surface area contributed by atoms with E-state index in [4.69, 9.17) is 9.52 Å². The maximum Gasteiger partial charge on any atom is 0.226 e. The molecule has 1 N–H and O–H groups in total. The maximum absolute atomic E-state index is 13.1. The highest BCUT2D eigenvalue weighted by Crippen LogP contribution is 2.20. The largest absolute Gasteiger partial charge is 0.444 e. The molecular formula is C14H17FN2O2. The van der Waals surface area contributed by atoms with Gasteiger partial charge in [-0.3, -0.25) is 4.90 Å². The number of rotatable bonds is 5. The molecule has 0 aliphatic carbocycles. The second kappa shape index (κ2) is 5.95. The van der Waals surface area contributed by atoms with Crippen LogP contribution in [0.4, 0.5) is 4.39 Å². The minimum atomic E-state index is -0.316. The lowest BCUT2D eigenvalue weighted by atomic mass is 10.2. The molecule has 0 aliphatic rings. The van der Waals surface area contributed by atoms with Crippen molar-refractivity contribution in [3.05, 3.63) is 42.0 Å². The summed E-state index contributed by atoms with van der Waals surface area (Å²) in [6.45, 7) is 2.58. The van der Waals surface area contributed by atoms with E-state index in [2.05, 4.69) is 4.98 Å². The summed E-state index contributed by atoms with van der Waals surface area (Å²) in [6.07, 6.45) is 1.56. The average molecular weight is 264 g/mol. The third-order valence-electron chi connectivity index (χ3n) is 3.05. The summed E-state index contributed by atoms with van der Waals surface area (Å²) in [6, 6.07) is 6.18. The van der Waals surface area contributed by atoms with E-state index < -0.39 is 0 Å². The fourth-order valence-corrected chi connectivity index (χ4v) is 1.68. The smallest absolute Gasteiger partial charge is 0.226 e. The molecule has 0 radical (unpaired) electrons. The summed E-state index contributed by atoms with van der Waals surface area (Å²) >= 11 is 0. The number of oxazole rings is 1. The van der Waals surface area contributed by atoms with Crippen molar-refractivity contribution in [3.63, 3.8) is 0 Å². The van der Waals surface area contributed by atoms with Crippen LogP contribution in [0.2, 0.25) is 0 Å². The van der Waals surface area contributed by atoms with Crippen LogP contribution in [-0.4, -0.2) is 34.7 Å². The lowest BCUT2D eigenvalue weighted by molar-refractivity contribution is 0.153. The maximum atomic E-state index is 13.1. The number of aromatic nitrogens is 1. The zero-order valence-corrected chi connectivity index (χ0v) is 11.0. The predicted molar refractivity (Wildman–Crippen MR) is 69.9 cm³/mol. The van der Waals surface area contributed by atoms with Crippen LogP contribution in [0.5, 0.6) is 0 Å². The van der Waals surface area contributed by atoms with E-state index in [0.717, 1.165) is 5.69 Å². The van der Waals surface area contributed by atoms with Gasteiger partial charge in [0.1, 0.15) is 12.1 Å². The number of aliphatic hydroxyl groups excluding tert-OH is 1. The Balaban J connectivity index is 2.11. The number of likely N-dealkylation sites (N-methyl/N-ethyl adjacent to an activating group) is 1. The summed E-state index contributed by atoms with van der Waals surface area (Å²) in [5.41, 5.74) is 1.37. The van der Waals surface area contributed by atoms with E-state index in [-0.39, 0.29) is 18.5 Å². The van der Waals surface area contributed by atoms with Gasteiger partial charge in [-0.2, -0.15) is 0 Å². The summed E-state index contributed by atoms with van der Waals surface area (Å²) < 4.78 is 18.5. The van der Waals surface area contributed by atoms with Gasteiger partial charge in [0.2, 0.25) is 5.89 Å². The van der Waals surface area contributed by atoms with Crippen LogP contribution in [0.15, 0.2) is 34.9 Å². The topological polar surface area (TPSA) is 49.5 Å². The van der Waals surface area contributed by atoms with E-state index in [1.165, 1.54) is 12.1 Å². The molecule has 1 atom stereocenters. The Morgan fingerprint density at radius 1 is 1.47 bits per heavy atom. The first kappa shape index (κ1) is 13.7. The highest BCUT2D eigenvalue weighted by atomic mass is 19.1. The number of benzene rings is 1. The fourth-order valence-electron chi connectivity index (χ4n) is 1.68. The molecular weight excluding hydrogens is 247 g/mol. The monoisotopic (exact) mass is 264 g/mol. The Morgan fingerprint density at radius 3 is 2.95 bits per heavy atom. The zero-order valence-electron chi connectivity index (χ0n) is 11.0. The van der Waals surface area contributed by atoms with Crippen molar-refractivity contribution in [2.24, 2.45) is 0 Å². The summed E-state index contributed by atoms with van der Waals surface area (Å²) in [7, 11) is 1.90. The SMILES string of the molecule is CC(CO)N(C)Cc1coc(-c2cccc(F)c2)n1. The number of hydrogen-bond donors (Lipinski definition) is 1. The highest BCUT2D eigenvalue weighted by Gasteiger charge is 2.12. The number of aliphatic hydroxyl groups is 1. The minimum absolute atomic E-state index is 0.0503. The van der Waals surface area contributed by atoms with Crippen molar-refractivity contribution >= 4 is 0 Å². The Labute approximate surface area is 111 Å². The van der Waals surface area contributed by atoms with Gasteiger partial charge in [-0.1, -0.05) is 6.07 Å². The van der Waals surface area contributed by atoms with Crippen LogP contribution >= 0.6 is 0 Å². The molecule has 5 heteroatoms. The fraction of sp³-hybridized carbons (Fsp3) is 0.357. The predicted octanol–water partition coefficient (Wildman–Crippen LogP) is 2.29. The van der Waals surface area contributed by atoms with Gasteiger partial charge in [0, 0.05) is 18.2 Å². The number of halogens is 1. The number of nitrogens with zero attached hydrogens (tertiary/aromatic N) is 2. The van der Waals surface area contributed by atoms with Gasteiger partial charge in [0.05, 0.1) is 12.3 Å². The average Bonchev–Trinajstić information content (AvgIpc) is 2.86. The lowest BCUT2D eigenvalue weighted by Crippen LogP contribution is -2.31. The second-order valence-corrected chi connectivity index (χ2v) is 4.60. The van der Waals surface area contributed by atoms with Crippen LogP contribution in [0, 0.1) is 5.82 Å². The molecule has 0 saturated carbocycles. The molecule has 0 saturated heterocycles. The van der Waals surface area contributed by atoms with Crippen molar-refractivity contribution < 1.29 is 13.9 Å². The lowest BCUT2D eigenvalue weighted by Gasteiger charge is -2.21. The third-order valence-corrected chi connectivity index (χ3v) is 3.05. The van der Waals surface area contributed by atoms with Gasteiger partial charge in [-0.15, -0.1) is 0 Å². The Bertz CT molecular complexity index is 542. The van der Waals surface area contributed by atoms with Crippen molar-refractivity contribution in [2.45, 2.75) is 19.5 Å². The molecule has 2 rings (SSSR count). The molecule has 102 valence electrons. The molecule has 4 nitrogen and oxygen atoms in total. The molecule has 1 aromatic heterocycles. The first-order chi connectivity index (χ1) is 9.10. The second-order valence-electron chi connectivity index (χ2n) is 4.60. The van der Waals surface area contributed by atoms with Crippen LogP contribution < -0.4 is 0 Å². The van der Waals surface area contributed by atoms with Crippen molar-refractivity contribution in [1.82, 2.24) is 9.88 Å². The Kier molecular flexibility index (Phi) is 4.29. The van der Waals surface area contributed by atoms with E-state index in [1.54, 1.807) is 18.4 Å². The van der Waals surface area contributed by atoms with Gasteiger partial charge in [0.25, 0.3) is 0 Å². The van der Waals surface area contributed by atoms with Crippen molar-refractivity contribution in [3.8, 4) is 11.5 Å². The molecule has 2 aromatic rings. The Hall–Kier alpha value is -1.72. The first-order valence-electron chi connectivity index (χ1n) is 6.11. The minimum Gasteiger partial charge on any atom is -0.444 e. The van der Waals surface area contributed by atoms with Crippen LogP contribution in [-0.2, 0) is 6.54 Å². The summed E-state index contributed by atoms with van der Waals surface area (Å²) in [5.74, 6) is 0.0859. The van der Waals surface area contributed by atoms with Gasteiger partial charge >= 0.3 is 0 Å². The van der Waals surface area contributed by atoms with E-state index in [0.29, 0.717) is 18.0 Å². The molecule has 0 aliphatic heterocycles. The molecule has 1 unspecified atom stereocenters. The van der Waals surface area contributed by atoms with Gasteiger partial charge in [-0.25, -0.2) is 9.37 Å². The summed E-state index contributed by atoms with van der Waals surface area (Å²) in [5, 5.41) is 9.07. The first-order valence-corrected chi connectivity index (χ1v) is 6.11. The van der Waals surface area contributed by atoms with Gasteiger partial charge < -0.3 is 9.52 Å².